The van der Waals surface area contributed by atoms with Gasteiger partial charge in [0.15, 0.2) is 5.82 Å². The summed E-state index contributed by atoms with van der Waals surface area (Å²) in [5.41, 5.74) is 0.264. The Hall–Kier alpha value is -3.96. The van der Waals surface area contributed by atoms with E-state index in [1.807, 2.05) is 6.07 Å². The molecule has 4 aromatic rings. The molecule has 4 aliphatic rings. The van der Waals surface area contributed by atoms with Crippen molar-refractivity contribution in [3.05, 3.63) is 54.1 Å². The van der Waals surface area contributed by atoms with Gasteiger partial charge in [-0.15, -0.1) is 0 Å². The van der Waals surface area contributed by atoms with Gasteiger partial charge in [-0.05, 0) is 37.3 Å². The van der Waals surface area contributed by atoms with E-state index in [4.69, 9.17) is 19.4 Å². The highest BCUT2D eigenvalue weighted by molar-refractivity contribution is 6.04. The molecule has 8 rings (SSSR count). The number of nitrogens with zero attached hydrogens (tertiary/aromatic N) is 5. The van der Waals surface area contributed by atoms with Gasteiger partial charge in [0.25, 0.3) is 0 Å². The fourth-order valence-corrected chi connectivity index (χ4v) is 7.81. The Kier molecular flexibility index (Phi) is 6.87. The molecule has 0 spiro atoms. The summed E-state index contributed by atoms with van der Waals surface area (Å²) in [5, 5.41) is 5.17. The number of benzene rings is 2. The van der Waals surface area contributed by atoms with Gasteiger partial charge in [-0.2, -0.15) is 9.97 Å². The highest BCUT2D eigenvalue weighted by Crippen LogP contribution is 2.44. The first-order chi connectivity index (χ1) is 21.9. The molecule has 0 amide bonds. The predicted octanol–water partition coefficient (Wildman–Crippen LogP) is 5.67. The molecule has 0 aliphatic carbocycles. The Morgan fingerprint density at radius 3 is 2.89 bits per heavy atom. The van der Waals surface area contributed by atoms with Crippen LogP contribution in [0, 0.1) is 11.6 Å². The van der Waals surface area contributed by atoms with Gasteiger partial charge in [0.05, 0.1) is 11.6 Å². The molecule has 2 aromatic carbocycles. The Morgan fingerprint density at radius 1 is 1.16 bits per heavy atom. The van der Waals surface area contributed by atoms with E-state index in [0.29, 0.717) is 54.8 Å². The molecule has 8 nitrogen and oxygen atoms in total. The summed E-state index contributed by atoms with van der Waals surface area (Å²) in [6.07, 6.45) is 3.64. The molecule has 0 bridgehead atoms. The van der Waals surface area contributed by atoms with Crippen molar-refractivity contribution < 1.29 is 22.6 Å². The highest BCUT2D eigenvalue weighted by Gasteiger charge is 2.49. The molecule has 1 N–H and O–H groups in total. The molecule has 234 valence electrons. The van der Waals surface area contributed by atoms with Gasteiger partial charge in [0, 0.05) is 48.6 Å². The van der Waals surface area contributed by atoms with E-state index in [-0.39, 0.29) is 47.4 Å². The second kappa shape index (κ2) is 10.8. The maximum absolute atomic E-state index is 17.0. The van der Waals surface area contributed by atoms with E-state index in [1.54, 1.807) is 18.2 Å². The molecule has 0 radical (unpaired) electrons. The number of nitrogens with one attached hydrogen (secondary N) is 1. The van der Waals surface area contributed by atoms with Gasteiger partial charge in [-0.3, -0.25) is 4.90 Å². The fraction of sp³-hybridized carbons (Fsp3) is 0.441. The number of rotatable bonds is 6. The summed E-state index contributed by atoms with van der Waals surface area (Å²) < 4.78 is 59.0. The zero-order valence-electron chi connectivity index (χ0n) is 25.2. The van der Waals surface area contributed by atoms with Gasteiger partial charge >= 0.3 is 6.01 Å². The maximum Gasteiger partial charge on any atom is 0.319 e. The number of fused-ring (bicyclic) bond motifs is 4. The van der Waals surface area contributed by atoms with Crippen LogP contribution in [0.2, 0.25) is 0 Å². The molecule has 3 saturated heterocycles. The number of hydrogen-bond donors (Lipinski definition) is 1. The third-order valence-electron chi connectivity index (χ3n) is 10.1. The molecular weight excluding hydrogens is 581 g/mol. The number of hydrogen-bond acceptors (Lipinski definition) is 8. The first kappa shape index (κ1) is 28.5. The van der Waals surface area contributed by atoms with Crippen molar-refractivity contribution in [3.8, 4) is 23.1 Å². The molecule has 4 atom stereocenters. The number of pyridine rings is 1. The Labute approximate surface area is 259 Å². The first-order valence-corrected chi connectivity index (χ1v) is 15.8. The number of halogens is 3. The van der Waals surface area contributed by atoms with E-state index in [0.717, 1.165) is 31.2 Å². The van der Waals surface area contributed by atoms with E-state index < -0.39 is 23.3 Å². The monoisotopic (exact) mass is 616 g/mol. The van der Waals surface area contributed by atoms with Gasteiger partial charge < -0.3 is 19.7 Å². The molecule has 45 heavy (non-hydrogen) atoms. The van der Waals surface area contributed by atoms with Crippen molar-refractivity contribution >= 4 is 33.6 Å². The van der Waals surface area contributed by atoms with Crippen LogP contribution >= 0.6 is 0 Å². The van der Waals surface area contributed by atoms with E-state index in [2.05, 4.69) is 33.6 Å². The molecular formula is C34H35F3N6O2. The smallest absolute Gasteiger partial charge is 0.319 e. The lowest BCUT2D eigenvalue weighted by atomic mass is 9.95. The standard InChI is InChI=1S/C34H35F3N6O2/c1-3-21-16-43-22(14-38-21)17-44-32-27-30(40-33(41-31(27)43)45-18-34-11-6-12-42(34)15-20(35)13-34)28(37)29(39-32)24-8-5-7-19-9-10-25(36)23(4-2)26(19)24/h4-5,7-10,20-22,38H,2-3,6,11-18H2,1H3/t20-,21-,22+,34+/m1/s1. The number of piperazine rings is 1. The van der Waals surface area contributed by atoms with Crippen LogP contribution in [0.3, 0.4) is 0 Å². The molecule has 2 aromatic heterocycles. The minimum Gasteiger partial charge on any atom is -0.475 e. The van der Waals surface area contributed by atoms with Crippen LogP contribution in [-0.2, 0) is 0 Å². The molecule has 3 fully saturated rings. The zero-order valence-corrected chi connectivity index (χ0v) is 25.2. The first-order valence-electron chi connectivity index (χ1n) is 15.8. The SMILES string of the molecule is C=Cc1c(F)ccc2cccc(-c3nc4c5c(nc(OC[C@@]67CCCN6C[C@H](F)C7)nc5c3F)N3C[C@@H](CC)NC[C@H]3CO4)c12. The Morgan fingerprint density at radius 2 is 2.04 bits per heavy atom. The largest absolute Gasteiger partial charge is 0.475 e. The number of anilines is 1. The van der Waals surface area contributed by atoms with Crippen LogP contribution in [0.4, 0.5) is 19.0 Å². The molecule has 11 heteroatoms. The fourth-order valence-electron chi connectivity index (χ4n) is 7.81. The van der Waals surface area contributed by atoms with E-state index in [1.165, 1.54) is 12.1 Å². The summed E-state index contributed by atoms with van der Waals surface area (Å²) in [4.78, 5) is 18.6. The van der Waals surface area contributed by atoms with Crippen LogP contribution in [0.5, 0.6) is 11.9 Å². The Balaban J connectivity index is 1.32. The summed E-state index contributed by atoms with van der Waals surface area (Å²) in [6, 6.07) is 8.54. The van der Waals surface area contributed by atoms with Crippen LogP contribution in [-0.4, -0.2) is 83.0 Å². The van der Waals surface area contributed by atoms with Crippen molar-refractivity contribution in [2.24, 2.45) is 0 Å². The zero-order chi connectivity index (χ0) is 30.9. The van der Waals surface area contributed by atoms with E-state index >= 15 is 4.39 Å². The molecule has 0 saturated carbocycles. The van der Waals surface area contributed by atoms with Crippen molar-refractivity contribution in [2.45, 2.75) is 56.4 Å². The number of ether oxygens (including phenoxy) is 2. The predicted molar refractivity (Wildman–Crippen MR) is 168 cm³/mol. The molecule has 4 aliphatic heterocycles. The van der Waals surface area contributed by atoms with Gasteiger partial charge in [0.2, 0.25) is 5.88 Å². The van der Waals surface area contributed by atoms with Crippen molar-refractivity contribution in [1.82, 2.24) is 25.2 Å². The van der Waals surface area contributed by atoms with Crippen molar-refractivity contribution in [1.29, 1.82) is 0 Å². The average Bonchev–Trinajstić information content (AvgIpc) is 3.53. The minimum atomic E-state index is -0.902. The maximum atomic E-state index is 17.0. The lowest BCUT2D eigenvalue weighted by Crippen LogP contribution is -2.58. The van der Waals surface area contributed by atoms with Crippen LogP contribution in [0.15, 0.2) is 36.9 Å². The van der Waals surface area contributed by atoms with E-state index in [9.17, 15) is 8.78 Å². The quantitative estimate of drug-likeness (QED) is 0.297. The summed E-state index contributed by atoms with van der Waals surface area (Å²) in [7, 11) is 0. The Bertz CT molecular complexity index is 1840. The average molecular weight is 617 g/mol. The van der Waals surface area contributed by atoms with Gasteiger partial charge in [-0.25, -0.2) is 18.2 Å². The van der Waals surface area contributed by atoms with Gasteiger partial charge in [0.1, 0.15) is 47.6 Å². The third kappa shape index (κ3) is 4.53. The van der Waals surface area contributed by atoms with Crippen molar-refractivity contribution in [3.63, 3.8) is 0 Å². The van der Waals surface area contributed by atoms with Crippen LogP contribution in [0.1, 0.15) is 38.2 Å². The molecule has 6 heterocycles. The lowest BCUT2D eigenvalue weighted by Gasteiger charge is -2.39. The number of aromatic nitrogens is 3. The second-order valence-corrected chi connectivity index (χ2v) is 12.7. The normalized spacial score (nSPS) is 26.0. The van der Waals surface area contributed by atoms with Crippen molar-refractivity contribution in [2.75, 3.05) is 44.3 Å². The number of alkyl halides is 1. The minimum absolute atomic E-state index is 0.00606. The second-order valence-electron chi connectivity index (χ2n) is 12.7. The van der Waals surface area contributed by atoms with Crippen LogP contribution in [0.25, 0.3) is 39.0 Å². The topological polar surface area (TPSA) is 75.6 Å². The summed E-state index contributed by atoms with van der Waals surface area (Å²) in [5.74, 6) is -0.408. The lowest BCUT2D eigenvalue weighted by molar-refractivity contribution is 0.107. The van der Waals surface area contributed by atoms with Crippen LogP contribution < -0.4 is 19.7 Å². The summed E-state index contributed by atoms with van der Waals surface area (Å²) >= 11 is 0. The van der Waals surface area contributed by atoms with Gasteiger partial charge in [-0.1, -0.05) is 43.8 Å². The third-order valence-corrected chi connectivity index (χ3v) is 10.1. The molecule has 0 unspecified atom stereocenters. The summed E-state index contributed by atoms with van der Waals surface area (Å²) in [6.45, 7) is 8.98. The highest BCUT2D eigenvalue weighted by atomic mass is 19.1.